The second-order valence-corrected chi connectivity index (χ2v) is 15.1. The normalized spacial score (nSPS) is 29.6. The van der Waals surface area contributed by atoms with E-state index in [-0.39, 0.29) is 29.3 Å². The molecular formula is C29H40O4Si. The van der Waals surface area contributed by atoms with Crippen molar-refractivity contribution in [2.24, 2.45) is 5.92 Å². The van der Waals surface area contributed by atoms with Gasteiger partial charge in [-0.15, -0.1) is 6.58 Å². The van der Waals surface area contributed by atoms with Crippen LogP contribution >= 0.6 is 0 Å². The Morgan fingerprint density at radius 2 is 1.59 bits per heavy atom. The Kier molecular flexibility index (Phi) is 7.51. The van der Waals surface area contributed by atoms with E-state index in [1.165, 1.54) is 10.4 Å². The van der Waals surface area contributed by atoms with Gasteiger partial charge in [0, 0.05) is 25.9 Å². The van der Waals surface area contributed by atoms with Crippen LogP contribution in [0.5, 0.6) is 0 Å². The number of hydrogen-bond acceptors (Lipinski definition) is 4. The first-order valence-corrected chi connectivity index (χ1v) is 14.4. The molecule has 2 aromatic carbocycles. The van der Waals surface area contributed by atoms with Crippen molar-refractivity contribution in [3.63, 3.8) is 0 Å². The van der Waals surface area contributed by atoms with Gasteiger partial charge in [-0.05, 0) is 21.8 Å². The molecule has 0 unspecified atom stereocenters. The molecule has 0 saturated carbocycles. The van der Waals surface area contributed by atoms with Crippen molar-refractivity contribution in [2.75, 3.05) is 13.7 Å². The van der Waals surface area contributed by atoms with Crippen LogP contribution in [-0.2, 0) is 18.6 Å². The molecule has 4 rings (SSSR count). The molecule has 2 aliphatic rings. The van der Waals surface area contributed by atoms with Crippen LogP contribution in [0, 0.1) is 5.92 Å². The van der Waals surface area contributed by atoms with Crippen LogP contribution < -0.4 is 10.4 Å². The number of methoxy groups -OCH3 is 1. The number of rotatable bonds is 8. The molecule has 34 heavy (non-hydrogen) atoms. The van der Waals surface area contributed by atoms with Gasteiger partial charge in [-0.3, -0.25) is 0 Å². The fourth-order valence-electron chi connectivity index (χ4n) is 5.90. The largest absolute Gasteiger partial charge is 0.405 e. The molecular weight excluding hydrogens is 440 g/mol. The van der Waals surface area contributed by atoms with Crippen molar-refractivity contribution in [3.05, 3.63) is 73.3 Å². The molecule has 0 radical (unpaired) electrons. The minimum Gasteiger partial charge on any atom is -0.405 e. The summed E-state index contributed by atoms with van der Waals surface area (Å²) < 4.78 is 26.1. The maximum absolute atomic E-state index is 7.12. The number of hydrogen-bond donors (Lipinski definition) is 0. The smallest absolute Gasteiger partial charge is 0.261 e. The van der Waals surface area contributed by atoms with Gasteiger partial charge in [-0.1, -0.05) is 94.4 Å². The first kappa shape index (κ1) is 25.3. The molecule has 4 nitrogen and oxygen atoms in total. The summed E-state index contributed by atoms with van der Waals surface area (Å²) in [5.74, 6) is -0.381. The zero-order valence-electron chi connectivity index (χ0n) is 21.3. The van der Waals surface area contributed by atoms with Gasteiger partial charge in [-0.2, -0.15) is 0 Å². The number of fused-ring (bicyclic) bond motifs is 1. The number of ether oxygens (including phenoxy) is 3. The van der Waals surface area contributed by atoms with Gasteiger partial charge in [-0.25, -0.2) is 0 Å². The van der Waals surface area contributed by atoms with Crippen LogP contribution in [0.25, 0.3) is 0 Å². The Bertz CT molecular complexity index is 902. The van der Waals surface area contributed by atoms with E-state index in [9.17, 15) is 0 Å². The Morgan fingerprint density at radius 1 is 1.00 bits per heavy atom. The van der Waals surface area contributed by atoms with E-state index in [1.807, 2.05) is 6.08 Å². The Hall–Kier alpha value is -1.76. The maximum atomic E-state index is 7.12. The van der Waals surface area contributed by atoms with E-state index in [4.69, 9.17) is 18.6 Å². The molecule has 0 aliphatic carbocycles. The molecule has 0 N–H and O–H groups in total. The highest BCUT2D eigenvalue weighted by molar-refractivity contribution is 6.99. The summed E-state index contributed by atoms with van der Waals surface area (Å²) in [5, 5.41) is 2.53. The van der Waals surface area contributed by atoms with Gasteiger partial charge in [0.05, 0.1) is 24.9 Å². The molecule has 2 saturated heterocycles. The standard InChI is InChI=1S/C29H40O4Si/c1-7-18-29(30-6)22(2)19-26-27(33-29)20-23(32-26)21-31-34(28(3,4)5,24-14-10-8-11-15-24)25-16-12-9-13-17-25/h7-17,22-23,26-27H,1,18-21H2,2-6H3/t22-,23+,26-,27-,29+/m1/s1. The van der Waals surface area contributed by atoms with Crippen LogP contribution in [0.4, 0.5) is 0 Å². The average molecular weight is 481 g/mol. The first-order valence-electron chi connectivity index (χ1n) is 12.5. The van der Waals surface area contributed by atoms with Crippen molar-refractivity contribution in [3.8, 4) is 0 Å². The van der Waals surface area contributed by atoms with Gasteiger partial charge in [0.15, 0.2) is 5.79 Å². The van der Waals surface area contributed by atoms with Gasteiger partial charge < -0.3 is 18.6 Å². The SMILES string of the molecule is C=CC[C@]1(OC)O[C@@H]2C[C@@H](CO[Si](c3ccccc3)(c3ccccc3)C(C)(C)C)O[C@@H]2C[C@H]1C. The zero-order chi connectivity index (χ0) is 24.4. The Balaban J connectivity index is 1.58. The lowest BCUT2D eigenvalue weighted by molar-refractivity contribution is -0.302. The second kappa shape index (κ2) is 10.1. The molecule has 0 spiro atoms. The monoisotopic (exact) mass is 480 g/mol. The quantitative estimate of drug-likeness (QED) is 0.391. The molecule has 2 aliphatic heterocycles. The van der Waals surface area contributed by atoms with E-state index in [0.29, 0.717) is 13.0 Å². The Labute approximate surface area is 206 Å². The maximum Gasteiger partial charge on any atom is 0.261 e. The third kappa shape index (κ3) is 4.57. The third-order valence-electron chi connectivity index (χ3n) is 7.64. The predicted octanol–water partition coefficient (Wildman–Crippen LogP) is 5.06. The van der Waals surface area contributed by atoms with Crippen molar-refractivity contribution < 1.29 is 18.6 Å². The fourth-order valence-corrected chi connectivity index (χ4v) is 10.5. The topological polar surface area (TPSA) is 36.9 Å². The highest BCUT2D eigenvalue weighted by Crippen LogP contribution is 2.44. The molecule has 5 atom stereocenters. The van der Waals surface area contributed by atoms with Crippen LogP contribution in [-0.4, -0.2) is 46.1 Å². The molecule has 0 bridgehead atoms. The van der Waals surface area contributed by atoms with Crippen molar-refractivity contribution in [1.82, 2.24) is 0 Å². The number of benzene rings is 2. The zero-order valence-corrected chi connectivity index (χ0v) is 22.3. The molecule has 0 aromatic heterocycles. The highest BCUT2D eigenvalue weighted by Gasteiger charge is 2.53. The predicted molar refractivity (Wildman–Crippen MR) is 140 cm³/mol. The van der Waals surface area contributed by atoms with Crippen molar-refractivity contribution >= 4 is 18.7 Å². The molecule has 184 valence electrons. The molecule has 5 heteroatoms. The summed E-state index contributed by atoms with van der Waals surface area (Å²) >= 11 is 0. The first-order chi connectivity index (χ1) is 16.3. The van der Waals surface area contributed by atoms with Gasteiger partial charge >= 0.3 is 0 Å². The van der Waals surface area contributed by atoms with E-state index >= 15 is 0 Å². The minimum absolute atomic E-state index is 0.000219. The molecule has 2 heterocycles. The van der Waals surface area contributed by atoms with Gasteiger partial charge in [0.1, 0.15) is 0 Å². The van der Waals surface area contributed by atoms with Crippen LogP contribution in [0.3, 0.4) is 0 Å². The van der Waals surface area contributed by atoms with E-state index < -0.39 is 14.1 Å². The van der Waals surface area contributed by atoms with Crippen LogP contribution in [0.2, 0.25) is 5.04 Å². The van der Waals surface area contributed by atoms with Crippen LogP contribution in [0.15, 0.2) is 73.3 Å². The lowest BCUT2D eigenvalue weighted by atomic mass is 9.86. The van der Waals surface area contributed by atoms with E-state index in [1.54, 1.807) is 7.11 Å². The highest BCUT2D eigenvalue weighted by atomic mass is 28.4. The minimum atomic E-state index is -2.59. The second-order valence-electron chi connectivity index (χ2n) is 10.8. The van der Waals surface area contributed by atoms with Gasteiger partial charge in [0.25, 0.3) is 8.32 Å². The summed E-state index contributed by atoms with van der Waals surface area (Å²) in [6.07, 6.45) is 4.40. The average Bonchev–Trinajstić information content (AvgIpc) is 3.21. The molecule has 2 fully saturated rings. The summed E-state index contributed by atoms with van der Waals surface area (Å²) in [5.41, 5.74) is 0. The van der Waals surface area contributed by atoms with Crippen LogP contribution in [0.1, 0.15) is 47.0 Å². The van der Waals surface area contributed by atoms with Crippen molar-refractivity contribution in [2.45, 2.75) is 76.1 Å². The summed E-state index contributed by atoms with van der Waals surface area (Å²) in [6, 6.07) is 21.5. The van der Waals surface area contributed by atoms with E-state index in [0.717, 1.165) is 12.8 Å². The fraction of sp³-hybridized carbons (Fsp3) is 0.517. The lowest BCUT2D eigenvalue weighted by Gasteiger charge is -2.45. The van der Waals surface area contributed by atoms with E-state index in [2.05, 4.69) is 94.9 Å². The Morgan fingerprint density at radius 3 is 2.09 bits per heavy atom. The summed E-state index contributed by atoms with van der Waals surface area (Å²) in [4.78, 5) is 0. The summed E-state index contributed by atoms with van der Waals surface area (Å²) in [7, 11) is -0.850. The molecule has 0 amide bonds. The third-order valence-corrected chi connectivity index (χ3v) is 12.6. The lowest BCUT2D eigenvalue weighted by Crippen LogP contribution is -2.67. The molecule has 2 aromatic rings. The summed E-state index contributed by atoms with van der Waals surface area (Å²) in [6.45, 7) is 13.6. The van der Waals surface area contributed by atoms with Crippen molar-refractivity contribution in [1.29, 1.82) is 0 Å². The van der Waals surface area contributed by atoms with Gasteiger partial charge in [0.2, 0.25) is 0 Å².